The Morgan fingerprint density at radius 3 is 3.04 bits per heavy atom. The van der Waals surface area contributed by atoms with Crippen molar-refractivity contribution in [2.75, 3.05) is 5.32 Å². The Morgan fingerprint density at radius 1 is 1.54 bits per heavy atom. The Bertz CT molecular complexity index is 842. The molecule has 0 saturated heterocycles. The van der Waals surface area contributed by atoms with Crippen LogP contribution in [0.1, 0.15) is 30.4 Å². The Labute approximate surface area is 144 Å². The summed E-state index contributed by atoms with van der Waals surface area (Å²) < 4.78 is 20.2. The summed E-state index contributed by atoms with van der Waals surface area (Å²) in [7, 11) is 0. The lowest BCUT2D eigenvalue weighted by atomic mass is 10.1. The molecule has 0 saturated carbocycles. The zero-order valence-corrected chi connectivity index (χ0v) is 14.1. The smallest absolute Gasteiger partial charge is 0.243 e. The van der Waals surface area contributed by atoms with Crippen molar-refractivity contribution in [1.82, 2.24) is 14.6 Å². The molecule has 0 bridgehead atoms. The number of nitrogens with zero attached hydrogens (tertiary/aromatic N) is 3. The number of nitrogens with one attached hydrogen (secondary N) is 1. The number of alkyl halides is 1. The van der Waals surface area contributed by atoms with Crippen molar-refractivity contribution >= 4 is 29.0 Å². The van der Waals surface area contributed by atoms with Crippen LogP contribution in [0.2, 0.25) is 5.28 Å². The standard InChI is InChI=1S/C17H18ClFN4O/c1-3-14-12(7-6-11(2)19)9-15-16(21-17(18)22-23(14)15)20-10-13-5-4-8-24-13/h3-5,8-9,11H,1,6-7,10H2,2H3,(H,20,21,22). The first-order valence-corrected chi connectivity index (χ1v) is 8.07. The van der Waals surface area contributed by atoms with Crippen LogP contribution < -0.4 is 5.32 Å². The molecule has 3 aromatic rings. The molecule has 0 amide bonds. The van der Waals surface area contributed by atoms with Gasteiger partial charge in [-0.25, -0.2) is 8.91 Å². The third kappa shape index (κ3) is 3.43. The Balaban J connectivity index is 1.97. The number of anilines is 1. The predicted molar refractivity (Wildman–Crippen MR) is 93.0 cm³/mol. The molecule has 1 atom stereocenters. The Kier molecular flexibility index (Phi) is 4.85. The molecule has 1 N–H and O–H groups in total. The minimum atomic E-state index is -0.864. The molecule has 0 radical (unpaired) electrons. The van der Waals surface area contributed by atoms with Gasteiger partial charge in [0.05, 0.1) is 24.7 Å². The van der Waals surface area contributed by atoms with Gasteiger partial charge in [0, 0.05) is 0 Å². The summed E-state index contributed by atoms with van der Waals surface area (Å²) >= 11 is 6.05. The SMILES string of the molecule is C=Cc1c(CCC(C)F)cc2c(NCc3ccco3)nc(Cl)nn12. The first-order chi connectivity index (χ1) is 11.6. The van der Waals surface area contributed by atoms with Crippen molar-refractivity contribution in [3.63, 3.8) is 0 Å². The van der Waals surface area contributed by atoms with E-state index in [1.807, 2.05) is 18.2 Å². The van der Waals surface area contributed by atoms with Crippen molar-refractivity contribution in [3.8, 4) is 0 Å². The summed E-state index contributed by atoms with van der Waals surface area (Å²) in [5.74, 6) is 1.37. The van der Waals surface area contributed by atoms with Gasteiger partial charge in [-0.15, -0.1) is 5.10 Å². The average Bonchev–Trinajstić information content (AvgIpc) is 3.17. The molecule has 0 aromatic carbocycles. The van der Waals surface area contributed by atoms with Crippen molar-refractivity contribution in [2.45, 2.75) is 32.5 Å². The van der Waals surface area contributed by atoms with Crippen LogP contribution in [0.5, 0.6) is 0 Å². The van der Waals surface area contributed by atoms with E-state index in [-0.39, 0.29) is 5.28 Å². The highest BCUT2D eigenvalue weighted by molar-refractivity contribution is 6.28. The van der Waals surface area contributed by atoms with Gasteiger partial charge in [0.1, 0.15) is 11.3 Å². The Hall–Kier alpha value is -2.34. The second-order valence-corrected chi connectivity index (χ2v) is 5.88. The highest BCUT2D eigenvalue weighted by Crippen LogP contribution is 2.25. The van der Waals surface area contributed by atoms with E-state index in [1.165, 1.54) is 0 Å². The van der Waals surface area contributed by atoms with Crippen LogP contribution in [0, 0.1) is 0 Å². The van der Waals surface area contributed by atoms with Gasteiger partial charge in [0.15, 0.2) is 5.82 Å². The molecule has 24 heavy (non-hydrogen) atoms. The molecule has 0 aliphatic carbocycles. The van der Waals surface area contributed by atoms with Gasteiger partial charge in [-0.05, 0) is 61.2 Å². The monoisotopic (exact) mass is 348 g/mol. The van der Waals surface area contributed by atoms with Crippen LogP contribution >= 0.6 is 11.6 Å². The largest absolute Gasteiger partial charge is 0.467 e. The molecule has 3 rings (SSSR count). The normalized spacial score (nSPS) is 12.5. The number of hydrogen-bond acceptors (Lipinski definition) is 4. The second kappa shape index (κ2) is 7.05. The summed E-state index contributed by atoms with van der Waals surface area (Å²) in [6.07, 6.45) is 3.48. The van der Waals surface area contributed by atoms with Gasteiger partial charge in [0.25, 0.3) is 0 Å². The van der Waals surface area contributed by atoms with E-state index in [1.54, 1.807) is 23.8 Å². The van der Waals surface area contributed by atoms with Gasteiger partial charge < -0.3 is 9.73 Å². The van der Waals surface area contributed by atoms with Crippen molar-refractivity contribution in [2.24, 2.45) is 0 Å². The molecule has 0 spiro atoms. The number of rotatable bonds is 7. The second-order valence-electron chi connectivity index (χ2n) is 5.54. The van der Waals surface area contributed by atoms with Crippen molar-refractivity contribution in [1.29, 1.82) is 0 Å². The quantitative estimate of drug-likeness (QED) is 0.682. The van der Waals surface area contributed by atoms with Gasteiger partial charge >= 0.3 is 0 Å². The summed E-state index contributed by atoms with van der Waals surface area (Å²) in [5, 5.41) is 7.56. The third-order valence-corrected chi connectivity index (χ3v) is 3.90. The Morgan fingerprint density at radius 2 is 2.38 bits per heavy atom. The average molecular weight is 349 g/mol. The lowest BCUT2D eigenvalue weighted by Crippen LogP contribution is -2.06. The summed E-state index contributed by atoms with van der Waals surface area (Å²) in [4.78, 5) is 4.26. The zero-order chi connectivity index (χ0) is 17.1. The molecule has 0 aliphatic rings. The number of furan rings is 1. The summed E-state index contributed by atoms with van der Waals surface area (Å²) in [6, 6.07) is 5.64. The molecular weight excluding hydrogens is 331 g/mol. The number of halogens is 2. The maximum Gasteiger partial charge on any atom is 0.243 e. The predicted octanol–water partition coefficient (Wildman–Crippen LogP) is 4.52. The molecule has 5 nitrogen and oxygen atoms in total. The number of aromatic nitrogens is 3. The fourth-order valence-corrected chi connectivity index (χ4v) is 2.74. The van der Waals surface area contributed by atoms with E-state index in [0.717, 1.165) is 22.5 Å². The van der Waals surface area contributed by atoms with Gasteiger partial charge in [0.2, 0.25) is 5.28 Å². The van der Waals surface area contributed by atoms with E-state index >= 15 is 0 Å². The van der Waals surface area contributed by atoms with Crippen LogP contribution in [-0.4, -0.2) is 20.8 Å². The minimum Gasteiger partial charge on any atom is -0.467 e. The maximum absolute atomic E-state index is 13.2. The van der Waals surface area contributed by atoms with Gasteiger partial charge in [-0.3, -0.25) is 0 Å². The van der Waals surface area contributed by atoms with Gasteiger partial charge in [-0.1, -0.05) is 6.58 Å². The van der Waals surface area contributed by atoms with Crippen LogP contribution in [0.4, 0.5) is 10.2 Å². The highest BCUT2D eigenvalue weighted by Gasteiger charge is 2.15. The highest BCUT2D eigenvalue weighted by atomic mass is 35.5. The molecule has 1 unspecified atom stereocenters. The molecule has 0 aliphatic heterocycles. The summed E-state index contributed by atoms with van der Waals surface area (Å²) in [5.41, 5.74) is 2.53. The zero-order valence-electron chi connectivity index (χ0n) is 13.3. The van der Waals surface area contributed by atoms with E-state index < -0.39 is 6.17 Å². The lowest BCUT2D eigenvalue weighted by Gasteiger charge is -2.07. The maximum atomic E-state index is 13.2. The van der Waals surface area contributed by atoms with E-state index in [0.29, 0.717) is 25.2 Å². The van der Waals surface area contributed by atoms with Gasteiger partial charge in [-0.2, -0.15) is 4.98 Å². The summed E-state index contributed by atoms with van der Waals surface area (Å²) in [6.45, 7) is 5.86. The topological polar surface area (TPSA) is 55.4 Å². The number of fused-ring (bicyclic) bond motifs is 1. The van der Waals surface area contributed by atoms with Crippen LogP contribution in [-0.2, 0) is 13.0 Å². The van der Waals surface area contributed by atoms with Crippen molar-refractivity contribution in [3.05, 3.63) is 53.3 Å². The fraction of sp³-hybridized carbons (Fsp3) is 0.294. The van der Waals surface area contributed by atoms with E-state index in [9.17, 15) is 4.39 Å². The fourth-order valence-electron chi connectivity index (χ4n) is 2.58. The molecule has 3 heterocycles. The first kappa shape index (κ1) is 16.5. The van der Waals surface area contributed by atoms with E-state index in [4.69, 9.17) is 16.0 Å². The first-order valence-electron chi connectivity index (χ1n) is 7.69. The third-order valence-electron chi connectivity index (χ3n) is 3.74. The minimum absolute atomic E-state index is 0.119. The molecule has 3 aromatic heterocycles. The molecular formula is C17H18ClFN4O. The van der Waals surface area contributed by atoms with Crippen LogP contribution in [0.25, 0.3) is 11.6 Å². The van der Waals surface area contributed by atoms with Crippen LogP contribution in [0.15, 0.2) is 35.5 Å². The number of hydrogen-bond donors (Lipinski definition) is 1. The van der Waals surface area contributed by atoms with Crippen LogP contribution in [0.3, 0.4) is 0 Å². The molecule has 0 fully saturated rings. The lowest BCUT2D eigenvalue weighted by molar-refractivity contribution is 0.341. The molecule has 7 heteroatoms. The number of aryl methyl sites for hydroxylation is 1. The van der Waals surface area contributed by atoms with E-state index in [2.05, 4.69) is 22.0 Å². The molecule has 126 valence electrons. The van der Waals surface area contributed by atoms with Crippen molar-refractivity contribution < 1.29 is 8.81 Å².